The molecule has 0 heterocycles. The van der Waals surface area contributed by atoms with Crippen LogP contribution >= 0.6 is 0 Å². The first-order valence-corrected chi connectivity index (χ1v) is 5.43. The fourth-order valence-corrected chi connectivity index (χ4v) is 0.851. The van der Waals surface area contributed by atoms with Gasteiger partial charge in [0, 0.05) is 6.92 Å². The van der Waals surface area contributed by atoms with Crippen LogP contribution in [0.3, 0.4) is 0 Å². The molecule has 0 N–H and O–H groups in total. The van der Waals surface area contributed by atoms with Gasteiger partial charge in [-0.15, -0.1) is 0 Å². The van der Waals surface area contributed by atoms with Gasteiger partial charge in [0.1, 0.15) is 5.75 Å². The molecule has 3 nitrogen and oxygen atoms in total. The minimum atomic E-state index is -0.245. The second kappa shape index (κ2) is 10.0. The molecule has 0 unspecified atom stereocenters. The van der Waals surface area contributed by atoms with E-state index in [2.05, 4.69) is 11.7 Å². The molecule has 0 radical (unpaired) electrons. The Balaban J connectivity index is 0.000000385. The first-order chi connectivity index (χ1) is 7.70. The number of hydrogen-bond acceptors (Lipinski definition) is 3. The van der Waals surface area contributed by atoms with Gasteiger partial charge in [-0.2, -0.15) is 0 Å². The normalized spacial score (nSPS) is 8.69. The second-order valence-corrected chi connectivity index (χ2v) is 3.21. The quantitative estimate of drug-likeness (QED) is 0.582. The van der Waals surface area contributed by atoms with Gasteiger partial charge in [-0.3, -0.25) is 4.79 Å². The smallest absolute Gasteiger partial charge is 0.302 e. The van der Waals surface area contributed by atoms with Gasteiger partial charge >= 0.3 is 5.97 Å². The van der Waals surface area contributed by atoms with Crippen molar-refractivity contribution in [2.75, 3.05) is 13.7 Å². The first kappa shape index (κ1) is 14.5. The van der Waals surface area contributed by atoms with Crippen molar-refractivity contribution in [1.29, 1.82) is 0 Å². The van der Waals surface area contributed by atoms with Gasteiger partial charge in [-0.1, -0.05) is 31.5 Å². The minimum absolute atomic E-state index is 0.245. The van der Waals surface area contributed by atoms with Crippen LogP contribution in [0.1, 0.15) is 26.7 Å². The number of para-hydroxylation sites is 1. The molecule has 0 bridgehead atoms. The molecular formula is C13H20O3. The van der Waals surface area contributed by atoms with E-state index < -0.39 is 0 Å². The Morgan fingerprint density at radius 2 is 1.81 bits per heavy atom. The summed E-state index contributed by atoms with van der Waals surface area (Å²) >= 11 is 0. The zero-order valence-corrected chi connectivity index (χ0v) is 10.2. The molecule has 0 fully saturated rings. The van der Waals surface area contributed by atoms with E-state index in [0.29, 0.717) is 0 Å². The number of benzene rings is 1. The Hall–Kier alpha value is -1.51. The highest BCUT2D eigenvalue weighted by Crippen LogP contribution is 2.08. The zero-order chi connectivity index (χ0) is 12.2. The lowest BCUT2D eigenvalue weighted by Gasteiger charge is -2.03. The molecule has 0 spiro atoms. The SMILES string of the molecule is CCCCOc1ccccc1.COC(C)=O. The van der Waals surface area contributed by atoms with Crippen LogP contribution in [0.2, 0.25) is 0 Å². The third-order valence-electron chi connectivity index (χ3n) is 1.80. The molecule has 0 atom stereocenters. The van der Waals surface area contributed by atoms with Gasteiger partial charge in [0.05, 0.1) is 13.7 Å². The number of hydrogen-bond donors (Lipinski definition) is 0. The summed E-state index contributed by atoms with van der Waals surface area (Å²) in [5.74, 6) is 0.728. The maximum atomic E-state index is 9.59. The summed E-state index contributed by atoms with van der Waals surface area (Å²) in [5, 5.41) is 0. The highest BCUT2D eigenvalue weighted by atomic mass is 16.5. The Bertz CT molecular complexity index is 270. The van der Waals surface area contributed by atoms with Crippen LogP contribution < -0.4 is 4.74 Å². The molecule has 0 amide bonds. The number of carbonyl (C=O) groups is 1. The lowest BCUT2D eigenvalue weighted by molar-refractivity contribution is -0.137. The fourth-order valence-electron chi connectivity index (χ4n) is 0.851. The van der Waals surface area contributed by atoms with E-state index in [4.69, 9.17) is 4.74 Å². The summed E-state index contributed by atoms with van der Waals surface area (Å²) < 4.78 is 9.56. The Kier molecular flexibility index (Phi) is 9.08. The van der Waals surface area contributed by atoms with Crippen LogP contribution in [-0.2, 0) is 9.53 Å². The monoisotopic (exact) mass is 224 g/mol. The molecule has 0 aliphatic heterocycles. The molecule has 0 aliphatic rings. The Morgan fingerprint density at radius 3 is 2.25 bits per heavy atom. The number of rotatable bonds is 4. The summed E-state index contributed by atoms with van der Waals surface area (Å²) in [4.78, 5) is 9.59. The van der Waals surface area contributed by atoms with Gasteiger partial charge in [-0.05, 0) is 18.6 Å². The molecule has 0 saturated heterocycles. The summed E-state index contributed by atoms with van der Waals surface area (Å²) in [5.41, 5.74) is 0. The van der Waals surface area contributed by atoms with E-state index >= 15 is 0 Å². The standard InChI is InChI=1S/C10H14O.C3H6O2/c1-2-3-9-11-10-7-5-4-6-8-10;1-3(4)5-2/h4-8H,2-3,9H2,1H3;1-2H3. The Morgan fingerprint density at radius 1 is 1.25 bits per heavy atom. The average molecular weight is 224 g/mol. The number of carbonyl (C=O) groups excluding carboxylic acids is 1. The van der Waals surface area contributed by atoms with Crippen LogP contribution in [0.25, 0.3) is 0 Å². The maximum absolute atomic E-state index is 9.59. The van der Waals surface area contributed by atoms with Crippen molar-refractivity contribution < 1.29 is 14.3 Å². The van der Waals surface area contributed by atoms with Gasteiger partial charge in [0.2, 0.25) is 0 Å². The molecule has 1 aromatic carbocycles. The molecule has 0 saturated carbocycles. The van der Waals surface area contributed by atoms with Crippen molar-refractivity contribution in [2.24, 2.45) is 0 Å². The highest BCUT2D eigenvalue weighted by molar-refractivity contribution is 5.65. The highest BCUT2D eigenvalue weighted by Gasteiger charge is 1.88. The molecule has 16 heavy (non-hydrogen) atoms. The molecule has 1 rings (SSSR count). The van der Waals surface area contributed by atoms with E-state index in [1.165, 1.54) is 20.5 Å². The molecular weight excluding hydrogens is 204 g/mol. The summed E-state index contributed by atoms with van der Waals surface area (Å²) in [7, 11) is 1.35. The van der Waals surface area contributed by atoms with Crippen LogP contribution in [0, 0.1) is 0 Å². The third kappa shape index (κ3) is 9.06. The third-order valence-corrected chi connectivity index (χ3v) is 1.80. The van der Waals surface area contributed by atoms with Crippen molar-refractivity contribution >= 4 is 5.97 Å². The topological polar surface area (TPSA) is 35.5 Å². The molecule has 0 aromatic heterocycles. The van der Waals surface area contributed by atoms with Crippen LogP contribution in [0.5, 0.6) is 5.75 Å². The second-order valence-electron chi connectivity index (χ2n) is 3.21. The van der Waals surface area contributed by atoms with E-state index in [-0.39, 0.29) is 5.97 Å². The average Bonchev–Trinajstić information content (AvgIpc) is 2.31. The van der Waals surface area contributed by atoms with Crippen LogP contribution in [-0.4, -0.2) is 19.7 Å². The molecule has 1 aromatic rings. The molecule has 3 heteroatoms. The van der Waals surface area contributed by atoms with Gasteiger partial charge < -0.3 is 9.47 Å². The van der Waals surface area contributed by atoms with Crippen molar-refractivity contribution in [3.05, 3.63) is 30.3 Å². The van der Waals surface area contributed by atoms with Gasteiger partial charge in [0.15, 0.2) is 0 Å². The van der Waals surface area contributed by atoms with E-state index in [1.54, 1.807) is 0 Å². The van der Waals surface area contributed by atoms with Crippen molar-refractivity contribution in [2.45, 2.75) is 26.7 Å². The van der Waals surface area contributed by atoms with Crippen molar-refractivity contribution in [3.8, 4) is 5.75 Å². The number of unbranched alkanes of at least 4 members (excludes halogenated alkanes) is 1. The minimum Gasteiger partial charge on any atom is -0.494 e. The van der Waals surface area contributed by atoms with Crippen molar-refractivity contribution in [1.82, 2.24) is 0 Å². The predicted octanol–water partition coefficient (Wildman–Crippen LogP) is 3.04. The van der Waals surface area contributed by atoms with Crippen LogP contribution in [0.15, 0.2) is 30.3 Å². The zero-order valence-electron chi connectivity index (χ0n) is 10.2. The van der Waals surface area contributed by atoms with E-state index in [1.807, 2.05) is 30.3 Å². The van der Waals surface area contributed by atoms with Crippen LogP contribution in [0.4, 0.5) is 0 Å². The summed E-state index contributed by atoms with van der Waals surface area (Å²) in [6.07, 6.45) is 2.32. The largest absolute Gasteiger partial charge is 0.494 e. The van der Waals surface area contributed by atoms with Crippen molar-refractivity contribution in [3.63, 3.8) is 0 Å². The lowest BCUT2D eigenvalue weighted by Crippen LogP contribution is -1.95. The van der Waals surface area contributed by atoms with E-state index in [0.717, 1.165) is 18.8 Å². The predicted molar refractivity (Wildman–Crippen MR) is 64.5 cm³/mol. The van der Waals surface area contributed by atoms with E-state index in [9.17, 15) is 4.79 Å². The van der Waals surface area contributed by atoms with Gasteiger partial charge in [-0.25, -0.2) is 0 Å². The number of methoxy groups -OCH3 is 1. The lowest BCUT2D eigenvalue weighted by atomic mass is 10.3. The van der Waals surface area contributed by atoms with Gasteiger partial charge in [0.25, 0.3) is 0 Å². The Labute approximate surface area is 97.4 Å². The first-order valence-electron chi connectivity index (χ1n) is 5.43. The number of esters is 1. The number of ether oxygens (including phenoxy) is 2. The molecule has 90 valence electrons. The molecule has 0 aliphatic carbocycles. The maximum Gasteiger partial charge on any atom is 0.302 e. The fraction of sp³-hybridized carbons (Fsp3) is 0.462. The summed E-state index contributed by atoms with van der Waals surface area (Å²) in [6, 6.07) is 9.93. The summed E-state index contributed by atoms with van der Waals surface area (Å²) in [6.45, 7) is 4.36.